The molecule has 120 valence electrons. The zero-order valence-corrected chi connectivity index (χ0v) is 12.7. The molecule has 2 aromatic rings. The molecule has 0 aliphatic carbocycles. The average molecular weight is 314 g/mol. The molecule has 2 heterocycles. The lowest BCUT2D eigenvalue weighted by molar-refractivity contribution is -0.143. The molecule has 0 amide bonds. The first kappa shape index (κ1) is 15.6. The fourth-order valence-electron chi connectivity index (χ4n) is 3.25. The Balaban J connectivity index is 1.95. The number of carbonyl (C=O) groups is 1. The minimum Gasteiger partial charge on any atom is -0.481 e. The van der Waals surface area contributed by atoms with E-state index in [0.29, 0.717) is 13.0 Å². The number of halogens is 1. The molecular weight excluding hydrogens is 295 g/mol. The zero-order chi connectivity index (χ0) is 16.2. The molecule has 23 heavy (non-hydrogen) atoms. The molecule has 5 heteroatoms. The highest BCUT2D eigenvalue weighted by Crippen LogP contribution is 2.32. The van der Waals surface area contributed by atoms with E-state index < -0.39 is 5.97 Å². The van der Waals surface area contributed by atoms with Crippen molar-refractivity contribution < 1.29 is 14.3 Å². The van der Waals surface area contributed by atoms with Crippen LogP contribution in [0.1, 0.15) is 30.0 Å². The molecule has 1 aromatic carbocycles. The van der Waals surface area contributed by atoms with Gasteiger partial charge < -0.3 is 5.11 Å². The molecule has 2 atom stereocenters. The van der Waals surface area contributed by atoms with Gasteiger partial charge in [-0.25, -0.2) is 4.39 Å². The number of carboxylic acids is 1. The van der Waals surface area contributed by atoms with E-state index in [4.69, 9.17) is 0 Å². The van der Waals surface area contributed by atoms with Gasteiger partial charge in [0, 0.05) is 18.9 Å². The third kappa shape index (κ3) is 3.56. The van der Waals surface area contributed by atoms with Gasteiger partial charge in [0.15, 0.2) is 0 Å². The molecule has 1 fully saturated rings. The van der Waals surface area contributed by atoms with Crippen LogP contribution in [0.2, 0.25) is 0 Å². The molecule has 1 aromatic heterocycles. The summed E-state index contributed by atoms with van der Waals surface area (Å²) in [5.41, 5.74) is 2.00. The number of nitrogens with zero attached hydrogens (tertiary/aromatic N) is 2. The summed E-state index contributed by atoms with van der Waals surface area (Å²) in [5, 5.41) is 9.33. The number of aromatic nitrogens is 1. The molecule has 1 N–H and O–H groups in total. The Kier molecular flexibility index (Phi) is 4.67. The van der Waals surface area contributed by atoms with Gasteiger partial charge in [0.1, 0.15) is 5.82 Å². The van der Waals surface area contributed by atoms with Crippen LogP contribution in [0.5, 0.6) is 0 Å². The van der Waals surface area contributed by atoms with E-state index in [9.17, 15) is 14.3 Å². The Hall–Kier alpha value is -2.27. The highest BCUT2D eigenvalue weighted by atomic mass is 19.1. The predicted molar refractivity (Wildman–Crippen MR) is 84.4 cm³/mol. The Morgan fingerprint density at radius 2 is 1.83 bits per heavy atom. The summed E-state index contributed by atoms with van der Waals surface area (Å²) in [6.07, 6.45) is 5.01. The molecule has 0 bridgehead atoms. The summed E-state index contributed by atoms with van der Waals surface area (Å²) < 4.78 is 13.3. The maximum atomic E-state index is 13.3. The molecule has 0 saturated carbocycles. The zero-order valence-electron chi connectivity index (χ0n) is 12.7. The summed E-state index contributed by atoms with van der Waals surface area (Å²) in [6.45, 7) is 1.33. The first-order valence-corrected chi connectivity index (χ1v) is 7.77. The lowest BCUT2D eigenvalue weighted by Crippen LogP contribution is -2.41. The second kappa shape index (κ2) is 6.87. The van der Waals surface area contributed by atoms with Crippen molar-refractivity contribution in [3.8, 4) is 0 Å². The largest absolute Gasteiger partial charge is 0.481 e. The summed E-state index contributed by atoms with van der Waals surface area (Å²) in [5.74, 6) is -1.37. The van der Waals surface area contributed by atoms with Crippen molar-refractivity contribution in [1.29, 1.82) is 0 Å². The minimum atomic E-state index is -0.748. The first-order valence-electron chi connectivity index (χ1n) is 7.77. The van der Waals surface area contributed by atoms with Crippen LogP contribution in [-0.2, 0) is 4.79 Å². The number of carboxylic acid groups (broad SMARTS) is 1. The third-order valence-electron chi connectivity index (χ3n) is 4.37. The maximum absolute atomic E-state index is 13.3. The van der Waals surface area contributed by atoms with Crippen molar-refractivity contribution in [3.05, 3.63) is 65.7 Å². The van der Waals surface area contributed by atoms with Crippen LogP contribution in [0.4, 0.5) is 4.39 Å². The first-order chi connectivity index (χ1) is 11.1. The lowest BCUT2D eigenvalue weighted by atomic mass is 9.92. The lowest BCUT2D eigenvalue weighted by Gasteiger charge is -2.37. The van der Waals surface area contributed by atoms with Crippen LogP contribution in [0.3, 0.4) is 0 Å². The molecule has 3 rings (SSSR count). The monoisotopic (exact) mass is 314 g/mol. The Bertz CT molecular complexity index is 660. The molecule has 1 aliphatic heterocycles. The van der Waals surface area contributed by atoms with Crippen LogP contribution in [-0.4, -0.2) is 34.0 Å². The summed E-state index contributed by atoms with van der Waals surface area (Å²) in [7, 11) is 0. The van der Waals surface area contributed by atoms with E-state index in [-0.39, 0.29) is 17.8 Å². The number of pyridine rings is 1. The summed E-state index contributed by atoms with van der Waals surface area (Å²) in [4.78, 5) is 17.6. The van der Waals surface area contributed by atoms with Gasteiger partial charge in [-0.15, -0.1) is 0 Å². The number of benzene rings is 1. The Morgan fingerprint density at radius 3 is 2.48 bits per heavy atom. The van der Waals surface area contributed by atoms with E-state index in [2.05, 4.69) is 9.88 Å². The number of rotatable bonds is 4. The van der Waals surface area contributed by atoms with Crippen LogP contribution in [0.15, 0.2) is 48.8 Å². The van der Waals surface area contributed by atoms with Gasteiger partial charge in [0.2, 0.25) is 0 Å². The van der Waals surface area contributed by atoms with Gasteiger partial charge in [-0.1, -0.05) is 12.1 Å². The van der Waals surface area contributed by atoms with Gasteiger partial charge >= 0.3 is 5.97 Å². The van der Waals surface area contributed by atoms with Crippen LogP contribution in [0.25, 0.3) is 0 Å². The number of likely N-dealkylation sites (tertiary alicyclic amines) is 1. The average Bonchev–Trinajstić information content (AvgIpc) is 2.58. The molecule has 1 saturated heterocycles. The van der Waals surface area contributed by atoms with Crippen molar-refractivity contribution in [2.75, 3.05) is 13.1 Å². The SMILES string of the molecule is O=C(O)C1CCCN(C(c2ccncc2)c2ccc(F)cc2)C1. The quantitative estimate of drug-likeness (QED) is 0.942. The van der Waals surface area contributed by atoms with E-state index in [0.717, 1.165) is 24.1 Å². The number of aliphatic carboxylic acids is 1. The molecule has 0 radical (unpaired) electrons. The fraction of sp³-hybridized carbons (Fsp3) is 0.333. The summed E-state index contributed by atoms with van der Waals surface area (Å²) >= 11 is 0. The van der Waals surface area contributed by atoms with Gasteiger partial charge in [0.05, 0.1) is 12.0 Å². The molecule has 0 spiro atoms. The fourth-order valence-corrected chi connectivity index (χ4v) is 3.25. The third-order valence-corrected chi connectivity index (χ3v) is 4.37. The minimum absolute atomic E-state index is 0.0826. The predicted octanol–water partition coefficient (Wildman–Crippen LogP) is 3.11. The Labute approximate surface area is 134 Å². The van der Waals surface area contributed by atoms with Crippen LogP contribution >= 0.6 is 0 Å². The maximum Gasteiger partial charge on any atom is 0.307 e. The highest BCUT2D eigenvalue weighted by molar-refractivity contribution is 5.70. The van der Waals surface area contributed by atoms with Crippen molar-refractivity contribution in [3.63, 3.8) is 0 Å². The van der Waals surface area contributed by atoms with E-state index in [1.165, 1.54) is 12.1 Å². The molecule has 4 nitrogen and oxygen atoms in total. The Morgan fingerprint density at radius 1 is 1.17 bits per heavy atom. The van der Waals surface area contributed by atoms with Crippen LogP contribution in [0, 0.1) is 11.7 Å². The summed E-state index contributed by atoms with van der Waals surface area (Å²) in [6, 6.07) is 10.2. The number of hydrogen-bond acceptors (Lipinski definition) is 3. The van der Waals surface area contributed by atoms with Gasteiger partial charge in [-0.2, -0.15) is 0 Å². The normalized spacial score (nSPS) is 20.1. The van der Waals surface area contributed by atoms with Crippen molar-refractivity contribution in [2.45, 2.75) is 18.9 Å². The highest BCUT2D eigenvalue weighted by Gasteiger charge is 2.31. The van der Waals surface area contributed by atoms with Crippen LogP contribution < -0.4 is 0 Å². The van der Waals surface area contributed by atoms with Gasteiger partial charge in [-0.05, 0) is 54.8 Å². The van der Waals surface area contributed by atoms with Crippen molar-refractivity contribution >= 4 is 5.97 Å². The second-order valence-electron chi connectivity index (χ2n) is 5.91. The second-order valence-corrected chi connectivity index (χ2v) is 5.91. The van der Waals surface area contributed by atoms with Crippen molar-refractivity contribution in [1.82, 2.24) is 9.88 Å². The molecular formula is C18H19FN2O2. The number of piperidine rings is 1. The standard InChI is InChI=1S/C18H19FN2O2/c19-16-5-3-13(4-6-16)17(14-7-9-20-10-8-14)21-11-1-2-15(12-21)18(22)23/h3-10,15,17H,1-2,11-12H2,(H,22,23). The smallest absolute Gasteiger partial charge is 0.307 e. The molecule has 2 unspecified atom stereocenters. The molecule has 1 aliphatic rings. The van der Waals surface area contributed by atoms with Crippen molar-refractivity contribution in [2.24, 2.45) is 5.92 Å². The topological polar surface area (TPSA) is 53.4 Å². The van der Waals surface area contributed by atoms with E-state index in [1.807, 2.05) is 12.1 Å². The van der Waals surface area contributed by atoms with E-state index in [1.54, 1.807) is 24.5 Å². The number of hydrogen-bond donors (Lipinski definition) is 1. The van der Waals surface area contributed by atoms with E-state index >= 15 is 0 Å². The van der Waals surface area contributed by atoms with Gasteiger partial charge in [0.25, 0.3) is 0 Å². The van der Waals surface area contributed by atoms with Gasteiger partial charge in [-0.3, -0.25) is 14.7 Å².